The Bertz CT molecular complexity index is 980. The number of methoxy groups -OCH3 is 4. The van der Waals surface area contributed by atoms with Crippen LogP contribution in [0.3, 0.4) is 0 Å². The van der Waals surface area contributed by atoms with Crippen LogP contribution in [0.4, 0.5) is 0 Å². The van der Waals surface area contributed by atoms with Crippen LogP contribution in [0, 0.1) is 5.92 Å². The molecule has 2 aromatic rings. The van der Waals surface area contributed by atoms with Gasteiger partial charge >= 0.3 is 0 Å². The van der Waals surface area contributed by atoms with Gasteiger partial charge in [0.25, 0.3) is 0 Å². The van der Waals surface area contributed by atoms with Gasteiger partial charge in [-0.25, -0.2) is 0 Å². The van der Waals surface area contributed by atoms with Gasteiger partial charge in [0.2, 0.25) is 18.3 Å². The Balaban J connectivity index is 2.14. The Labute approximate surface area is 176 Å². The fourth-order valence-electron chi connectivity index (χ4n) is 4.42. The molecule has 7 heteroatoms. The van der Waals surface area contributed by atoms with Gasteiger partial charge in [-0.2, -0.15) is 0 Å². The summed E-state index contributed by atoms with van der Waals surface area (Å²) in [5, 5.41) is 11.3. The van der Waals surface area contributed by atoms with Crippen molar-refractivity contribution in [2.75, 3.05) is 35.2 Å². The lowest BCUT2D eigenvalue weighted by Crippen LogP contribution is -2.37. The molecule has 2 aromatic carbocycles. The number of rotatable bonds is 4. The van der Waals surface area contributed by atoms with E-state index in [-0.39, 0.29) is 12.7 Å². The summed E-state index contributed by atoms with van der Waals surface area (Å²) >= 11 is 0. The molecule has 0 bridgehead atoms. The summed E-state index contributed by atoms with van der Waals surface area (Å²) in [5.41, 5.74) is 2.57. The molecule has 2 aliphatic rings. The minimum atomic E-state index is -0.944. The fourth-order valence-corrected chi connectivity index (χ4v) is 4.42. The maximum absolute atomic E-state index is 11.3. The first-order valence-electron chi connectivity index (χ1n) is 9.90. The van der Waals surface area contributed by atoms with E-state index in [0.29, 0.717) is 47.3 Å². The van der Waals surface area contributed by atoms with E-state index in [1.807, 2.05) is 26.0 Å². The summed E-state index contributed by atoms with van der Waals surface area (Å²) in [4.78, 5) is 0. The van der Waals surface area contributed by atoms with Crippen molar-refractivity contribution in [3.63, 3.8) is 0 Å². The van der Waals surface area contributed by atoms with Crippen molar-refractivity contribution in [3.05, 3.63) is 23.3 Å². The van der Waals surface area contributed by atoms with E-state index in [1.54, 1.807) is 28.4 Å². The third-order valence-corrected chi connectivity index (χ3v) is 6.20. The molecule has 0 saturated heterocycles. The Hall–Kier alpha value is -2.80. The zero-order valence-electron chi connectivity index (χ0n) is 18.3. The average Bonchev–Trinajstić information content (AvgIpc) is 3.19. The molecule has 4 rings (SSSR count). The second kappa shape index (κ2) is 7.47. The van der Waals surface area contributed by atoms with E-state index in [9.17, 15) is 5.11 Å². The topological polar surface area (TPSA) is 75.6 Å². The monoisotopic (exact) mass is 416 g/mol. The van der Waals surface area contributed by atoms with Crippen LogP contribution >= 0.6 is 0 Å². The first kappa shape index (κ1) is 20.5. The van der Waals surface area contributed by atoms with Crippen LogP contribution in [0.15, 0.2) is 12.1 Å². The molecule has 1 N–H and O–H groups in total. The van der Waals surface area contributed by atoms with Crippen molar-refractivity contribution in [2.45, 2.75) is 32.3 Å². The average molecular weight is 416 g/mol. The van der Waals surface area contributed by atoms with Gasteiger partial charge in [0.1, 0.15) is 0 Å². The lowest BCUT2D eigenvalue weighted by molar-refractivity contribution is 0.00629. The maximum Gasteiger partial charge on any atom is 0.231 e. The highest BCUT2D eigenvalue weighted by atomic mass is 16.7. The van der Waals surface area contributed by atoms with E-state index in [4.69, 9.17) is 28.4 Å². The van der Waals surface area contributed by atoms with Crippen LogP contribution in [-0.2, 0) is 12.8 Å². The first-order chi connectivity index (χ1) is 14.4. The largest absolute Gasteiger partial charge is 0.493 e. The molecule has 162 valence electrons. The highest BCUT2D eigenvalue weighted by molar-refractivity contribution is 5.88. The summed E-state index contributed by atoms with van der Waals surface area (Å²) in [5.74, 6) is 3.32. The van der Waals surface area contributed by atoms with E-state index >= 15 is 0 Å². The highest BCUT2D eigenvalue weighted by Crippen LogP contribution is 2.56. The zero-order valence-corrected chi connectivity index (χ0v) is 18.3. The van der Waals surface area contributed by atoms with E-state index < -0.39 is 5.60 Å². The van der Waals surface area contributed by atoms with Gasteiger partial charge in [0.15, 0.2) is 23.0 Å². The summed E-state index contributed by atoms with van der Waals surface area (Å²) in [7, 11) is 6.37. The molecule has 0 unspecified atom stereocenters. The van der Waals surface area contributed by atoms with Crippen LogP contribution in [0.25, 0.3) is 11.1 Å². The van der Waals surface area contributed by atoms with Crippen LogP contribution in [0.5, 0.6) is 34.5 Å². The van der Waals surface area contributed by atoms with Crippen molar-refractivity contribution >= 4 is 0 Å². The standard InChI is InChI=1S/C23H28O7/c1-12-7-13-8-16-20(30-11-29-16)22(28-6)17(13)18-14(10-23(12,2)24)9-15(25-3)19(26-4)21(18)27-5/h8-9,12,24H,7,10-11H2,1-6H3/t12-,23-/m1/s1. The first-order valence-corrected chi connectivity index (χ1v) is 9.90. The van der Waals surface area contributed by atoms with Crippen LogP contribution in [0.1, 0.15) is 25.0 Å². The van der Waals surface area contributed by atoms with Gasteiger partial charge in [-0.3, -0.25) is 0 Å². The second-order valence-electron chi connectivity index (χ2n) is 8.00. The molecule has 0 spiro atoms. The quantitative estimate of drug-likeness (QED) is 0.816. The molecule has 0 amide bonds. The van der Waals surface area contributed by atoms with Gasteiger partial charge in [0, 0.05) is 17.5 Å². The van der Waals surface area contributed by atoms with Crippen molar-refractivity contribution in [1.82, 2.24) is 0 Å². The van der Waals surface area contributed by atoms with Crippen molar-refractivity contribution < 1.29 is 33.5 Å². The van der Waals surface area contributed by atoms with Crippen LogP contribution < -0.4 is 28.4 Å². The van der Waals surface area contributed by atoms with Gasteiger partial charge < -0.3 is 33.5 Å². The van der Waals surface area contributed by atoms with Crippen molar-refractivity contribution in [2.24, 2.45) is 5.92 Å². The third-order valence-electron chi connectivity index (χ3n) is 6.20. The Morgan fingerprint density at radius 2 is 1.57 bits per heavy atom. The molecule has 0 aromatic heterocycles. The fraction of sp³-hybridized carbons (Fsp3) is 0.478. The zero-order chi connectivity index (χ0) is 21.6. The Morgan fingerprint density at radius 1 is 0.900 bits per heavy atom. The molecule has 7 nitrogen and oxygen atoms in total. The number of ether oxygens (including phenoxy) is 6. The summed E-state index contributed by atoms with van der Waals surface area (Å²) in [6.45, 7) is 4.04. The normalized spacial score (nSPS) is 21.8. The van der Waals surface area contributed by atoms with Gasteiger partial charge in [-0.05, 0) is 42.5 Å². The molecule has 1 heterocycles. The summed E-state index contributed by atoms with van der Waals surface area (Å²) in [6.07, 6.45) is 1.05. The molecule has 0 saturated carbocycles. The third kappa shape index (κ3) is 2.99. The molecule has 0 radical (unpaired) electrons. The second-order valence-corrected chi connectivity index (χ2v) is 8.00. The van der Waals surface area contributed by atoms with Gasteiger partial charge in [-0.1, -0.05) is 6.92 Å². The maximum atomic E-state index is 11.3. The van der Waals surface area contributed by atoms with Crippen LogP contribution in [0.2, 0.25) is 0 Å². The minimum absolute atomic E-state index is 0.0198. The number of aliphatic hydroxyl groups is 1. The predicted molar refractivity (Wildman–Crippen MR) is 111 cm³/mol. The smallest absolute Gasteiger partial charge is 0.231 e. The SMILES string of the molecule is COc1cc2c(c(OC)c1OC)-c1c(cc3c(c1OC)OCO3)C[C@@H](C)[C@](C)(O)C2. The van der Waals surface area contributed by atoms with Crippen molar-refractivity contribution in [1.29, 1.82) is 0 Å². The van der Waals surface area contributed by atoms with E-state index in [1.165, 1.54) is 0 Å². The van der Waals surface area contributed by atoms with E-state index in [2.05, 4.69) is 0 Å². The van der Waals surface area contributed by atoms with Gasteiger partial charge in [-0.15, -0.1) is 0 Å². The Morgan fingerprint density at radius 3 is 2.20 bits per heavy atom. The van der Waals surface area contributed by atoms with Gasteiger partial charge in [0.05, 0.1) is 34.0 Å². The molecular weight excluding hydrogens is 388 g/mol. The summed E-state index contributed by atoms with van der Waals surface area (Å²) in [6, 6.07) is 3.87. The molecule has 30 heavy (non-hydrogen) atoms. The molecule has 1 aliphatic carbocycles. The number of hydrogen-bond donors (Lipinski definition) is 1. The Kier molecular flexibility index (Phi) is 5.10. The lowest BCUT2D eigenvalue weighted by Gasteiger charge is -2.35. The lowest BCUT2D eigenvalue weighted by atomic mass is 9.75. The number of benzene rings is 2. The minimum Gasteiger partial charge on any atom is -0.493 e. The molecule has 0 fully saturated rings. The van der Waals surface area contributed by atoms with E-state index in [0.717, 1.165) is 22.3 Å². The molecule has 1 aliphatic heterocycles. The van der Waals surface area contributed by atoms with Crippen LogP contribution in [-0.4, -0.2) is 45.9 Å². The summed E-state index contributed by atoms with van der Waals surface area (Å²) < 4.78 is 34.2. The highest BCUT2D eigenvalue weighted by Gasteiger charge is 2.38. The predicted octanol–water partition coefficient (Wildman–Crippen LogP) is 3.60. The molecular formula is C23H28O7. The van der Waals surface area contributed by atoms with Crippen molar-refractivity contribution in [3.8, 4) is 45.6 Å². The number of hydrogen-bond acceptors (Lipinski definition) is 7. The molecule has 2 atom stereocenters. The number of fused-ring (bicyclic) bond motifs is 4.